The molecule has 5 nitrogen and oxygen atoms in total. The molecule has 1 heterocycles. The maximum atomic E-state index is 15.2. The molecule has 0 N–H and O–H groups in total. The SMILES string of the molecule is CC(C)(C)OC(=O)CC1CCCCc2c(nnn2C(C)(C)C)C1(F)F. The van der Waals surface area contributed by atoms with Gasteiger partial charge in [0.05, 0.1) is 17.7 Å². The number of rotatable bonds is 2. The highest BCUT2D eigenvalue weighted by atomic mass is 19.3. The van der Waals surface area contributed by atoms with Crippen molar-refractivity contribution in [1.82, 2.24) is 15.0 Å². The molecular weight excluding hydrogens is 328 g/mol. The van der Waals surface area contributed by atoms with Crippen molar-refractivity contribution in [3.63, 3.8) is 0 Å². The van der Waals surface area contributed by atoms with Crippen LogP contribution in [0.2, 0.25) is 0 Å². The van der Waals surface area contributed by atoms with E-state index in [1.807, 2.05) is 20.8 Å². The van der Waals surface area contributed by atoms with Gasteiger partial charge in [0, 0.05) is 5.92 Å². The van der Waals surface area contributed by atoms with Gasteiger partial charge in [-0.1, -0.05) is 11.6 Å². The third-order valence-electron chi connectivity index (χ3n) is 4.28. The summed E-state index contributed by atoms with van der Waals surface area (Å²) in [6, 6.07) is 0. The van der Waals surface area contributed by atoms with Crippen molar-refractivity contribution in [3.8, 4) is 0 Å². The van der Waals surface area contributed by atoms with Crippen molar-refractivity contribution >= 4 is 5.97 Å². The third kappa shape index (κ3) is 4.55. The molecule has 25 heavy (non-hydrogen) atoms. The fourth-order valence-corrected chi connectivity index (χ4v) is 3.20. The molecule has 1 unspecified atom stereocenters. The first-order valence-corrected chi connectivity index (χ1v) is 8.87. The van der Waals surface area contributed by atoms with Crippen LogP contribution in [0.15, 0.2) is 0 Å². The molecule has 1 aliphatic carbocycles. The summed E-state index contributed by atoms with van der Waals surface area (Å²) in [7, 11) is 0. The quantitative estimate of drug-likeness (QED) is 0.745. The highest BCUT2D eigenvalue weighted by Gasteiger charge is 2.48. The number of carbonyl (C=O) groups is 1. The molecule has 0 radical (unpaired) electrons. The van der Waals surface area contributed by atoms with Gasteiger partial charge in [0.25, 0.3) is 5.92 Å². The Bertz CT molecular complexity index is 627. The van der Waals surface area contributed by atoms with E-state index in [1.165, 1.54) is 0 Å². The molecule has 1 aliphatic rings. The largest absolute Gasteiger partial charge is 0.460 e. The first-order valence-electron chi connectivity index (χ1n) is 8.87. The Labute approximate surface area is 148 Å². The predicted molar refractivity (Wildman–Crippen MR) is 90.4 cm³/mol. The van der Waals surface area contributed by atoms with E-state index >= 15 is 8.78 Å². The Kier molecular flexibility index (Phi) is 5.26. The molecule has 0 saturated heterocycles. The van der Waals surface area contributed by atoms with E-state index in [4.69, 9.17) is 4.74 Å². The Balaban J connectivity index is 2.33. The molecule has 0 spiro atoms. The smallest absolute Gasteiger partial charge is 0.306 e. The Morgan fingerprint density at radius 3 is 2.44 bits per heavy atom. The molecule has 1 aromatic heterocycles. The van der Waals surface area contributed by atoms with Gasteiger partial charge in [-0.3, -0.25) is 4.79 Å². The number of alkyl halides is 2. The van der Waals surface area contributed by atoms with Gasteiger partial charge in [0.1, 0.15) is 5.60 Å². The molecule has 142 valence electrons. The van der Waals surface area contributed by atoms with E-state index < -0.39 is 28.9 Å². The second-order valence-corrected chi connectivity index (χ2v) is 8.82. The highest BCUT2D eigenvalue weighted by molar-refractivity contribution is 5.70. The number of nitrogens with zero attached hydrogens (tertiary/aromatic N) is 3. The van der Waals surface area contributed by atoms with Crippen LogP contribution in [0.1, 0.15) is 78.6 Å². The fraction of sp³-hybridized carbons (Fsp3) is 0.833. The minimum Gasteiger partial charge on any atom is -0.460 e. The molecule has 0 saturated carbocycles. The maximum Gasteiger partial charge on any atom is 0.306 e. The standard InChI is InChI=1S/C18H29F2N3O2/c1-16(2,3)23-13-10-8-7-9-12(11-14(24)25-17(4,5)6)18(19,20)15(13)21-22-23/h12H,7-11H2,1-6H3. The summed E-state index contributed by atoms with van der Waals surface area (Å²) >= 11 is 0. The van der Waals surface area contributed by atoms with Crippen molar-refractivity contribution in [2.45, 2.75) is 90.7 Å². The first kappa shape index (κ1) is 19.8. The van der Waals surface area contributed by atoms with Gasteiger partial charge in [0.2, 0.25) is 0 Å². The average molecular weight is 357 g/mol. The first-order chi connectivity index (χ1) is 11.3. The van der Waals surface area contributed by atoms with Crippen molar-refractivity contribution < 1.29 is 18.3 Å². The number of halogens is 2. The number of fused-ring (bicyclic) bond motifs is 1. The second kappa shape index (κ2) is 6.65. The van der Waals surface area contributed by atoms with Gasteiger partial charge in [-0.25, -0.2) is 4.68 Å². The van der Waals surface area contributed by atoms with Gasteiger partial charge < -0.3 is 4.74 Å². The Morgan fingerprint density at radius 2 is 1.88 bits per heavy atom. The number of hydrogen-bond donors (Lipinski definition) is 0. The second-order valence-electron chi connectivity index (χ2n) is 8.82. The summed E-state index contributed by atoms with van der Waals surface area (Å²) in [6.07, 6.45) is 1.89. The van der Waals surface area contributed by atoms with E-state index in [0.717, 1.165) is 6.42 Å². The molecular formula is C18H29F2N3O2. The number of hydrogen-bond acceptors (Lipinski definition) is 4. The number of carbonyl (C=O) groups excluding carboxylic acids is 1. The van der Waals surface area contributed by atoms with E-state index in [1.54, 1.807) is 25.5 Å². The molecule has 1 atom stereocenters. The van der Waals surface area contributed by atoms with Crippen molar-refractivity contribution in [2.75, 3.05) is 0 Å². The van der Waals surface area contributed by atoms with Crippen LogP contribution in [0.4, 0.5) is 8.78 Å². The van der Waals surface area contributed by atoms with Gasteiger partial charge in [-0.05, 0) is 60.8 Å². The van der Waals surface area contributed by atoms with Crippen molar-refractivity contribution in [2.24, 2.45) is 5.92 Å². The van der Waals surface area contributed by atoms with E-state index in [9.17, 15) is 4.79 Å². The monoisotopic (exact) mass is 357 g/mol. The zero-order valence-electron chi connectivity index (χ0n) is 16.0. The highest BCUT2D eigenvalue weighted by Crippen LogP contribution is 2.43. The van der Waals surface area contributed by atoms with Crippen LogP contribution >= 0.6 is 0 Å². The lowest BCUT2D eigenvalue weighted by atomic mass is 9.85. The number of aromatic nitrogens is 3. The van der Waals surface area contributed by atoms with Crippen LogP contribution in [-0.4, -0.2) is 26.6 Å². The van der Waals surface area contributed by atoms with Crippen LogP contribution in [0, 0.1) is 5.92 Å². The van der Waals surface area contributed by atoms with Crippen LogP contribution in [-0.2, 0) is 27.4 Å². The normalized spacial score (nSPS) is 21.2. The van der Waals surface area contributed by atoms with Crippen LogP contribution < -0.4 is 0 Å². The number of ether oxygens (including phenoxy) is 1. The summed E-state index contributed by atoms with van der Waals surface area (Å²) < 4.78 is 37.2. The van der Waals surface area contributed by atoms with E-state index in [-0.39, 0.29) is 18.5 Å². The van der Waals surface area contributed by atoms with Gasteiger partial charge in [0.15, 0.2) is 5.69 Å². The summed E-state index contributed by atoms with van der Waals surface area (Å²) in [5, 5.41) is 7.81. The molecule has 0 fully saturated rings. The molecule has 2 rings (SSSR count). The minimum atomic E-state index is -3.20. The molecule has 0 aliphatic heterocycles. The zero-order valence-corrected chi connectivity index (χ0v) is 16.0. The third-order valence-corrected chi connectivity index (χ3v) is 4.28. The summed E-state index contributed by atoms with van der Waals surface area (Å²) in [5.41, 5.74) is -0.910. The van der Waals surface area contributed by atoms with Crippen molar-refractivity contribution in [1.29, 1.82) is 0 Å². The topological polar surface area (TPSA) is 57.0 Å². The summed E-state index contributed by atoms with van der Waals surface area (Å²) in [4.78, 5) is 12.1. The average Bonchev–Trinajstić information content (AvgIpc) is 2.82. The molecule has 1 aromatic rings. The Hall–Kier alpha value is -1.53. The molecule has 0 aromatic carbocycles. The zero-order chi connectivity index (χ0) is 19.0. The fourth-order valence-electron chi connectivity index (χ4n) is 3.20. The molecule has 0 bridgehead atoms. The van der Waals surface area contributed by atoms with Crippen LogP contribution in [0.3, 0.4) is 0 Å². The van der Waals surface area contributed by atoms with Gasteiger partial charge in [-0.2, -0.15) is 8.78 Å². The summed E-state index contributed by atoms with van der Waals surface area (Å²) in [6.45, 7) is 10.9. The molecule has 0 amide bonds. The van der Waals surface area contributed by atoms with Gasteiger partial charge in [-0.15, -0.1) is 5.10 Å². The van der Waals surface area contributed by atoms with Crippen molar-refractivity contribution in [3.05, 3.63) is 11.4 Å². The van der Waals surface area contributed by atoms with E-state index in [0.29, 0.717) is 18.5 Å². The predicted octanol–water partition coefficient (Wildman–Crippen LogP) is 4.20. The summed E-state index contributed by atoms with van der Waals surface area (Å²) in [5.74, 6) is -4.91. The lowest BCUT2D eigenvalue weighted by Gasteiger charge is -2.30. The van der Waals surface area contributed by atoms with Gasteiger partial charge >= 0.3 is 5.97 Å². The van der Waals surface area contributed by atoms with Crippen LogP contribution in [0.25, 0.3) is 0 Å². The number of esters is 1. The molecule has 7 heteroatoms. The lowest BCUT2D eigenvalue weighted by molar-refractivity contribution is -0.162. The Morgan fingerprint density at radius 1 is 1.24 bits per heavy atom. The minimum absolute atomic E-state index is 0.272. The van der Waals surface area contributed by atoms with E-state index in [2.05, 4.69) is 10.3 Å². The maximum absolute atomic E-state index is 15.2. The lowest BCUT2D eigenvalue weighted by Crippen LogP contribution is -2.34. The van der Waals surface area contributed by atoms with Crippen LogP contribution in [0.5, 0.6) is 0 Å².